The largest absolute Gasteiger partial charge is 0.453 e. The number of nitrogens with one attached hydrogen (secondary N) is 1. The molecule has 0 aliphatic carbocycles. The fraction of sp³-hybridized carbons (Fsp3) is 0.355. The van der Waals surface area contributed by atoms with Crippen LogP contribution >= 0.6 is 0 Å². The van der Waals surface area contributed by atoms with Crippen molar-refractivity contribution in [2.45, 2.75) is 37.8 Å². The Morgan fingerprint density at radius 3 is 1.90 bits per heavy atom. The van der Waals surface area contributed by atoms with Gasteiger partial charge in [-0.3, -0.25) is 9.69 Å². The molecule has 6 rings (SSSR count). The minimum Gasteiger partial charge on any atom is -0.453 e. The van der Waals surface area contributed by atoms with Crippen LogP contribution in [0.3, 0.4) is 0 Å². The maximum absolute atomic E-state index is 12.7. The van der Waals surface area contributed by atoms with Gasteiger partial charge in [0, 0.05) is 30.3 Å². The van der Waals surface area contributed by atoms with Crippen molar-refractivity contribution in [3.8, 4) is 22.5 Å². The highest BCUT2D eigenvalue weighted by atomic mass is 16.5. The number of imidazole rings is 2. The standard InChI is InChI=1S/C31H35N7O3/c1-35-15-3-5-28(35)26-18-36(20-33-26)24-11-7-22(8-12-24)23-9-13-25(14-10-23)37-19-27(34-21-37)29-6-4-16-38(29)30(39)17-32-31(40)41-2/h7-14,18-21,28-29H,3-6,15-17H2,1-2H3,(H,32,40). The fourth-order valence-electron chi connectivity index (χ4n) is 5.93. The maximum Gasteiger partial charge on any atom is 0.407 e. The molecule has 10 heteroatoms. The smallest absolute Gasteiger partial charge is 0.407 e. The number of amides is 2. The number of hydrogen-bond acceptors (Lipinski definition) is 6. The van der Waals surface area contributed by atoms with Crippen LogP contribution in [-0.2, 0) is 9.53 Å². The molecule has 41 heavy (non-hydrogen) atoms. The summed E-state index contributed by atoms with van der Waals surface area (Å²) < 4.78 is 8.64. The quantitative estimate of drug-likeness (QED) is 0.362. The molecule has 0 radical (unpaired) electrons. The Hall–Kier alpha value is -4.44. The summed E-state index contributed by atoms with van der Waals surface area (Å²) in [7, 11) is 3.45. The number of nitrogens with zero attached hydrogens (tertiary/aromatic N) is 6. The van der Waals surface area contributed by atoms with Crippen molar-refractivity contribution in [2.24, 2.45) is 0 Å². The molecule has 2 unspecified atom stereocenters. The van der Waals surface area contributed by atoms with Crippen molar-refractivity contribution in [1.82, 2.24) is 34.2 Å². The molecule has 2 amide bonds. The molecule has 2 aromatic heterocycles. The first kappa shape index (κ1) is 26.8. The second-order valence-electron chi connectivity index (χ2n) is 10.7. The third-order valence-corrected chi connectivity index (χ3v) is 8.22. The van der Waals surface area contributed by atoms with Gasteiger partial charge in [0.2, 0.25) is 5.91 Å². The highest BCUT2D eigenvalue weighted by Crippen LogP contribution is 2.32. The predicted octanol–water partition coefficient (Wildman–Crippen LogP) is 4.51. The first-order valence-corrected chi connectivity index (χ1v) is 14.1. The normalized spacial score (nSPS) is 19.0. The number of rotatable bonds is 7. The average Bonchev–Trinajstić information content (AvgIpc) is 3.82. The lowest BCUT2D eigenvalue weighted by atomic mass is 10.0. The van der Waals surface area contributed by atoms with Gasteiger partial charge < -0.3 is 24.1 Å². The van der Waals surface area contributed by atoms with Gasteiger partial charge in [-0.1, -0.05) is 24.3 Å². The van der Waals surface area contributed by atoms with Crippen LogP contribution < -0.4 is 5.32 Å². The molecule has 0 saturated carbocycles. The average molecular weight is 554 g/mol. The molecule has 2 atom stereocenters. The number of hydrogen-bond donors (Lipinski definition) is 1. The third kappa shape index (κ3) is 5.60. The third-order valence-electron chi connectivity index (χ3n) is 8.22. The summed E-state index contributed by atoms with van der Waals surface area (Å²) in [6.45, 7) is 1.69. The summed E-state index contributed by atoms with van der Waals surface area (Å²) in [5.74, 6) is -0.141. The first-order chi connectivity index (χ1) is 20.0. The monoisotopic (exact) mass is 553 g/mol. The minimum atomic E-state index is -0.614. The molecule has 2 aliphatic heterocycles. The van der Waals surface area contributed by atoms with Crippen molar-refractivity contribution in [3.63, 3.8) is 0 Å². The van der Waals surface area contributed by atoms with E-state index in [9.17, 15) is 9.59 Å². The second-order valence-corrected chi connectivity index (χ2v) is 10.7. The van der Waals surface area contributed by atoms with Crippen molar-refractivity contribution < 1.29 is 14.3 Å². The Balaban J connectivity index is 1.11. The number of ether oxygens (including phenoxy) is 1. The van der Waals surface area contributed by atoms with Crippen LogP contribution in [0.15, 0.2) is 73.6 Å². The number of aromatic nitrogens is 4. The van der Waals surface area contributed by atoms with Gasteiger partial charge in [-0.05, 0) is 74.7 Å². The Kier molecular flexibility index (Phi) is 7.56. The first-order valence-electron chi connectivity index (χ1n) is 14.1. The van der Waals surface area contributed by atoms with Crippen LogP contribution in [-0.4, -0.2) is 74.7 Å². The Labute approximate surface area is 239 Å². The zero-order chi connectivity index (χ0) is 28.3. The van der Waals surface area contributed by atoms with Crippen molar-refractivity contribution in [1.29, 1.82) is 0 Å². The summed E-state index contributed by atoms with van der Waals surface area (Å²) in [4.78, 5) is 37.5. The van der Waals surface area contributed by atoms with E-state index in [0.29, 0.717) is 12.6 Å². The maximum atomic E-state index is 12.7. The number of benzene rings is 2. The summed E-state index contributed by atoms with van der Waals surface area (Å²) in [5.41, 5.74) is 6.34. The second kappa shape index (κ2) is 11.6. The molecule has 2 aliphatic rings. The van der Waals surface area contributed by atoms with E-state index < -0.39 is 6.09 Å². The lowest BCUT2D eigenvalue weighted by Crippen LogP contribution is -2.39. The van der Waals surface area contributed by atoms with E-state index in [-0.39, 0.29) is 18.5 Å². The zero-order valence-electron chi connectivity index (χ0n) is 23.4. The molecule has 0 spiro atoms. The van der Waals surface area contributed by atoms with Crippen LogP contribution in [0, 0.1) is 0 Å². The Morgan fingerprint density at radius 1 is 0.829 bits per heavy atom. The van der Waals surface area contributed by atoms with E-state index in [4.69, 9.17) is 0 Å². The molecule has 2 fully saturated rings. The van der Waals surface area contributed by atoms with Gasteiger partial charge >= 0.3 is 6.09 Å². The molecular weight excluding hydrogens is 518 g/mol. The van der Waals surface area contributed by atoms with E-state index in [2.05, 4.69) is 91.3 Å². The van der Waals surface area contributed by atoms with Crippen LogP contribution in [0.5, 0.6) is 0 Å². The number of carbonyl (C=O) groups excluding carboxylic acids is 2. The molecular formula is C31H35N7O3. The van der Waals surface area contributed by atoms with Crippen molar-refractivity contribution in [3.05, 3.63) is 85.0 Å². The van der Waals surface area contributed by atoms with Crippen LogP contribution in [0.2, 0.25) is 0 Å². The molecule has 10 nitrogen and oxygen atoms in total. The van der Waals surface area contributed by atoms with Gasteiger partial charge in [0.25, 0.3) is 0 Å². The van der Waals surface area contributed by atoms with Crippen LogP contribution in [0.25, 0.3) is 22.5 Å². The molecule has 212 valence electrons. The summed E-state index contributed by atoms with van der Waals surface area (Å²) in [5, 5.41) is 2.47. The zero-order valence-corrected chi connectivity index (χ0v) is 23.4. The van der Waals surface area contributed by atoms with Crippen LogP contribution in [0.4, 0.5) is 4.79 Å². The van der Waals surface area contributed by atoms with E-state index in [1.54, 1.807) is 11.2 Å². The summed E-state index contributed by atoms with van der Waals surface area (Å²) in [6.07, 6.45) is 11.3. The van der Waals surface area contributed by atoms with Crippen molar-refractivity contribution >= 4 is 12.0 Å². The number of alkyl carbamates (subject to hydrolysis) is 1. The fourth-order valence-corrected chi connectivity index (χ4v) is 5.93. The topological polar surface area (TPSA) is 97.5 Å². The molecule has 2 aromatic carbocycles. The lowest BCUT2D eigenvalue weighted by Gasteiger charge is -2.23. The minimum absolute atomic E-state index is 0.0895. The summed E-state index contributed by atoms with van der Waals surface area (Å²) in [6, 6.07) is 17.2. The lowest BCUT2D eigenvalue weighted by molar-refractivity contribution is -0.131. The van der Waals surface area contributed by atoms with E-state index >= 15 is 0 Å². The van der Waals surface area contributed by atoms with E-state index in [0.717, 1.165) is 59.7 Å². The van der Waals surface area contributed by atoms with Gasteiger partial charge in [0.1, 0.15) is 6.54 Å². The van der Waals surface area contributed by atoms with Gasteiger partial charge in [0.05, 0.1) is 43.2 Å². The molecule has 4 aromatic rings. The number of carbonyl (C=O) groups is 2. The van der Waals surface area contributed by atoms with Crippen molar-refractivity contribution in [2.75, 3.05) is 33.8 Å². The highest BCUT2D eigenvalue weighted by Gasteiger charge is 2.31. The Morgan fingerprint density at radius 2 is 1.37 bits per heavy atom. The van der Waals surface area contributed by atoms with Gasteiger partial charge in [-0.15, -0.1) is 0 Å². The molecule has 0 bridgehead atoms. The SMILES string of the molecule is COC(=O)NCC(=O)N1CCCC1c1cn(-c2ccc(-c3ccc(-n4cnc(C5CCCN5C)c4)cc3)cc2)cn1. The Bertz CT molecular complexity index is 1510. The van der Waals surface area contributed by atoms with Gasteiger partial charge in [-0.2, -0.15) is 0 Å². The van der Waals surface area contributed by atoms with Gasteiger partial charge in [-0.25, -0.2) is 14.8 Å². The van der Waals surface area contributed by atoms with Crippen LogP contribution in [0.1, 0.15) is 49.2 Å². The van der Waals surface area contributed by atoms with E-state index in [1.807, 2.05) is 17.1 Å². The highest BCUT2D eigenvalue weighted by molar-refractivity contribution is 5.82. The van der Waals surface area contributed by atoms with Gasteiger partial charge in [0.15, 0.2) is 0 Å². The molecule has 1 N–H and O–H groups in total. The predicted molar refractivity (Wildman–Crippen MR) is 155 cm³/mol. The summed E-state index contributed by atoms with van der Waals surface area (Å²) >= 11 is 0. The molecule has 4 heterocycles. The van der Waals surface area contributed by atoms with E-state index in [1.165, 1.54) is 13.5 Å². The number of methoxy groups -OCH3 is 1. The molecule has 2 saturated heterocycles. The number of likely N-dealkylation sites (tertiary alicyclic amines) is 2.